The van der Waals surface area contributed by atoms with Gasteiger partial charge in [0.25, 0.3) is 5.91 Å². The van der Waals surface area contributed by atoms with Gasteiger partial charge in [-0.25, -0.2) is 14.6 Å². The maximum Gasteiger partial charge on any atom is 0.331 e. The van der Waals surface area contributed by atoms with Crippen LogP contribution in [0.3, 0.4) is 0 Å². The van der Waals surface area contributed by atoms with Crippen molar-refractivity contribution in [3.05, 3.63) is 70.0 Å². The fourth-order valence-corrected chi connectivity index (χ4v) is 3.94. The largest absolute Gasteiger partial charge is 0.452 e. The van der Waals surface area contributed by atoms with Crippen LogP contribution in [0.5, 0.6) is 0 Å². The Morgan fingerprint density at radius 2 is 1.94 bits per heavy atom. The molecule has 3 aromatic rings. The molecular formula is C23H24N4O4S. The van der Waals surface area contributed by atoms with Gasteiger partial charge >= 0.3 is 12.0 Å². The Morgan fingerprint density at radius 1 is 1.16 bits per heavy atom. The summed E-state index contributed by atoms with van der Waals surface area (Å²) in [5.74, 6) is -1.41. The number of hydrogen-bond acceptors (Lipinski definition) is 6. The maximum atomic E-state index is 12.0. The molecule has 0 atom stereocenters. The third-order valence-electron chi connectivity index (χ3n) is 4.71. The number of ether oxygens (including phenoxy) is 1. The second-order valence-corrected chi connectivity index (χ2v) is 8.11. The summed E-state index contributed by atoms with van der Waals surface area (Å²) >= 11 is 1.52. The number of anilines is 1. The Bertz CT molecular complexity index is 1180. The second kappa shape index (κ2) is 10.1. The number of nitrogens with one attached hydrogen (secondary N) is 2. The van der Waals surface area contributed by atoms with Gasteiger partial charge in [0.1, 0.15) is 0 Å². The molecule has 0 aliphatic rings. The van der Waals surface area contributed by atoms with E-state index in [2.05, 4.69) is 15.6 Å². The lowest BCUT2D eigenvalue weighted by atomic mass is 10.1. The minimum atomic E-state index is -0.726. The van der Waals surface area contributed by atoms with E-state index >= 15 is 0 Å². The van der Waals surface area contributed by atoms with Crippen LogP contribution in [0.25, 0.3) is 11.2 Å². The zero-order valence-electron chi connectivity index (χ0n) is 18.3. The van der Waals surface area contributed by atoms with E-state index in [1.807, 2.05) is 55.8 Å². The van der Waals surface area contributed by atoms with Crippen LogP contribution in [0.15, 0.2) is 41.9 Å². The van der Waals surface area contributed by atoms with E-state index in [0.29, 0.717) is 5.69 Å². The summed E-state index contributed by atoms with van der Waals surface area (Å²) in [6, 6.07) is 6.77. The minimum Gasteiger partial charge on any atom is -0.452 e. The number of nitrogens with zero attached hydrogens (tertiary/aromatic N) is 2. The van der Waals surface area contributed by atoms with Crippen LogP contribution in [0.1, 0.15) is 28.1 Å². The highest BCUT2D eigenvalue weighted by Gasteiger charge is 2.13. The van der Waals surface area contributed by atoms with Crippen molar-refractivity contribution in [3.8, 4) is 5.13 Å². The number of thiazole rings is 1. The highest BCUT2D eigenvalue weighted by atomic mass is 32.1. The smallest absolute Gasteiger partial charge is 0.331 e. The molecule has 0 fully saturated rings. The molecule has 3 amide bonds. The van der Waals surface area contributed by atoms with E-state index in [1.165, 1.54) is 17.4 Å². The summed E-state index contributed by atoms with van der Waals surface area (Å²) in [7, 11) is 0. The number of aryl methyl sites for hydroxylation is 3. The fourth-order valence-electron chi connectivity index (χ4n) is 3.19. The van der Waals surface area contributed by atoms with Gasteiger partial charge in [0.05, 0.1) is 0 Å². The van der Waals surface area contributed by atoms with Crippen molar-refractivity contribution < 1.29 is 19.1 Å². The standard InChI is InChI=1S/C23H24N4O4S/c1-14-5-7-19(15(2)11-14)25-22(30)26-20(28)13-31-21(29)8-6-18-12-16(3)27(17(18)4)23-24-9-10-32-23/h5-12H,13H2,1-4H3,(H2,25,26,28,30)/b8-6+. The quantitative estimate of drug-likeness (QED) is 0.434. The Balaban J connectivity index is 1.50. The van der Waals surface area contributed by atoms with Crippen LogP contribution >= 0.6 is 11.3 Å². The van der Waals surface area contributed by atoms with Gasteiger partial charge in [-0.05, 0) is 57.0 Å². The number of amides is 3. The van der Waals surface area contributed by atoms with Crippen molar-refractivity contribution in [2.75, 3.05) is 11.9 Å². The van der Waals surface area contributed by atoms with Gasteiger partial charge in [0.2, 0.25) is 0 Å². The number of imide groups is 1. The highest BCUT2D eigenvalue weighted by molar-refractivity contribution is 7.12. The Morgan fingerprint density at radius 3 is 2.62 bits per heavy atom. The average Bonchev–Trinajstić information content (AvgIpc) is 3.34. The van der Waals surface area contributed by atoms with Gasteiger partial charge in [-0.3, -0.25) is 14.7 Å². The SMILES string of the molecule is Cc1ccc(NC(=O)NC(=O)COC(=O)/C=C/c2cc(C)n(-c3nccs3)c2C)c(C)c1. The topological polar surface area (TPSA) is 102 Å². The lowest BCUT2D eigenvalue weighted by Gasteiger charge is -2.09. The van der Waals surface area contributed by atoms with E-state index in [4.69, 9.17) is 4.74 Å². The van der Waals surface area contributed by atoms with Crippen LogP contribution < -0.4 is 10.6 Å². The number of carbonyl (C=O) groups is 3. The minimum absolute atomic E-state index is 0.568. The van der Waals surface area contributed by atoms with E-state index in [-0.39, 0.29) is 0 Å². The molecule has 0 aliphatic carbocycles. The van der Waals surface area contributed by atoms with Gasteiger partial charge in [0.15, 0.2) is 11.7 Å². The van der Waals surface area contributed by atoms with Gasteiger partial charge in [-0.15, -0.1) is 11.3 Å². The summed E-state index contributed by atoms with van der Waals surface area (Å²) in [4.78, 5) is 40.2. The molecule has 2 aromatic heterocycles. The molecule has 0 aliphatic heterocycles. The van der Waals surface area contributed by atoms with E-state index in [9.17, 15) is 14.4 Å². The molecular weight excluding hydrogens is 428 g/mol. The molecule has 0 bridgehead atoms. The molecule has 2 N–H and O–H groups in total. The summed E-state index contributed by atoms with van der Waals surface area (Å²) < 4.78 is 6.93. The average molecular weight is 453 g/mol. The van der Waals surface area contributed by atoms with Crippen LogP contribution in [0, 0.1) is 27.7 Å². The fraction of sp³-hybridized carbons (Fsp3) is 0.217. The monoisotopic (exact) mass is 452 g/mol. The summed E-state index contributed by atoms with van der Waals surface area (Å²) in [5.41, 5.74) is 5.29. The number of carbonyl (C=O) groups excluding carboxylic acids is 3. The van der Waals surface area contributed by atoms with Crippen LogP contribution in [0.2, 0.25) is 0 Å². The number of rotatable bonds is 6. The zero-order valence-corrected chi connectivity index (χ0v) is 19.1. The molecule has 0 saturated carbocycles. The van der Waals surface area contributed by atoms with E-state index < -0.39 is 24.5 Å². The number of benzene rings is 1. The number of esters is 1. The Labute approximate surface area is 189 Å². The third kappa shape index (κ3) is 5.70. The van der Waals surface area contributed by atoms with Crippen LogP contribution in [0.4, 0.5) is 10.5 Å². The van der Waals surface area contributed by atoms with E-state index in [1.54, 1.807) is 18.3 Å². The van der Waals surface area contributed by atoms with Gasteiger partial charge in [-0.2, -0.15) is 0 Å². The summed E-state index contributed by atoms with van der Waals surface area (Å²) in [5, 5.41) is 7.47. The molecule has 9 heteroatoms. The molecule has 0 saturated heterocycles. The van der Waals surface area contributed by atoms with Crippen molar-refractivity contribution in [2.24, 2.45) is 0 Å². The lowest BCUT2D eigenvalue weighted by Crippen LogP contribution is -2.37. The van der Waals surface area contributed by atoms with Gasteiger partial charge < -0.3 is 10.1 Å². The summed E-state index contributed by atoms with van der Waals surface area (Å²) in [6.07, 6.45) is 4.61. The number of urea groups is 1. The molecule has 0 spiro atoms. The molecule has 32 heavy (non-hydrogen) atoms. The first-order chi connectivity index (χ1) is 15.2. The Hall–Kier alpha value is -3.72. The first kappa shape index (κ1) is 23.0. The molecule has 2 heterocycles. The number of aromatic nitrogens is 2. The van der Waals surface area contributed by atoms with Crippen molar-refractivity contribution in [3.63, 3.8) is 0 Å². The van der Waals surface area contributed by atoms with Crippen LogP contribution in [-0.2, 0) is 14.3 Å². The molecule has 0 radical (unpaired) electrons. The van der Waals surface area contributed by atoms with Gasteiger partial charge in [-0.1, -0.05) is 17.7 Å². The van der Waals surface area contributed by atoms with Crippen molar-refractivity contribution in [1.82, 2.24) is 14.9 Å². The normalized spacial score (nSPS) is 10.9. The van der Waals surface area contributed by atoms with Crippen LogP contribution in [-0.4, -0.2) is 34.1 Å². The van der Waals surface area contributed by atoms with Crippen molar-refractivity contribution >= 4 is 41.0 Å². The molecule has 8 nitrogen and oxygen atoms in total. The second-order valence-electron chi connectivity index (χ2n) is 7.24. The first-order valence-electron chi connectivity index (χ1n) is 9.86. The Kier molecular flexibility index (Phi) is 7.21. The van der Waals surface area contributed by atoms with Gasteiger partial charge in [0, 0.05) is 34.7 Å². The maximum absolute atomic E-state index is 12.0. The van der Waals surface area contributed by atoms with Crippen molar-refractivity contribution in [1.29, 1.82) is 0 Å². The highest BCUT2D eigenvalue weighted by Crippen LogP contribution is 2.23. The third-order valence-corrected chi connectivity index (χ3v) is 5.47. The van der Waals surface area contributed by atoms with E-state index in [0.717, 1.165) is 33.2 Å². The number of hydrogen-bond donors (Lipinski definition) is 2. The summed E-state index contributed by atoms with van der Waals surface area (Å²) in [6.45, 7) is 7.12. The molecule has 3 rings (SSSR count). The molecule has 0 unspecified atom stereocenters. The zero-order chi connectivity index (χ0) is 23.3. The molecule has 1 aromatic carbocycles. The first-order valence-corrected chi connectivity index (χ1v) is 10.7. The predicted octanol–water partition coefficient (Wildman–Crippen LogP) is 4.07. The lowest BCUT2D eigenvalue weighted by molar-refractivity contribution is -0.143. The predicted molar refractivity (Wildman–Crippen MR) is 124 cm³/mol. The molecule has 166 valence electrons. The van der Waals surface area contributed by atoms with Crippen molar-refractivity contribution in [2.45, 2.75) is 27.7 Å².